The molecule has 1 aromatic rings. The van der Waals surface area contributed by atoms with Crippen molar-refractivity contribution >= 4 is 46.8 Å². The monoisotopic (exact) mass is 264 g/mol. The van der Waals surface area contributed by atoms with Crippen LogP contribution in [0.4, 0.5) is 0 Å². The third kappa shape index (κ3) is 2.88. The summed E-state index contributed by atoms with van der Waals surface area (Å²) >= 11 is 17.5. The molecule has 0 aromatic heterocycles. The van der Waals surface area contributed by atoms with E-state index >= 15 is 0 Å². The maximum atomic E-state index is 10.6. The van der Waals surface area contributed by atoms with Crippen LogP contribution >= 0.6 is 34.8 Å². The van der Waals surface area contributed by atoms with E-state index in [9.17, 15) is 4.79 Å². The summed E-state index contributed by atoms with van der Waals surface area (Å²) in [6.07, 6.45) is 1.39. The summed E-state index contributed by atoms with van der Waals surface area (Å²) in [7, 11) is 0. The lowest BCUT2D eigenvalue weighted by Gasteiger charge is -2.04. The van der Waals surface area contributed by atoms with Gasteiger partial charge in [-0.2, -0.15) is 0 Å². The van der Waals surface area contributed by atoms with Crippen LogP contribution < -0.4 is 0 Å². The third-order valence-electron chi connectivity index (χ3n) is 1.78. The first-order chi connectivity index (χ1) is 6.93. The third-order valence-corrected chi connectivity index (χ3v) is 2.93. The summed E-state index contributed by atoms with van der Waals surface area (Å²) in [6, 6.07) is 3.12. The topological polar surface area (TPSA) is 37.3 Å². The Labute approximate surface area is 102 Å². The first kappa shape index (κ1) is 12.4. The normalized spacial score (nSPS) is 11.6. The van der Waals surface area contributed by atoms with Gasteiger partial charge < -0.3 is 5.11 Å². The molecule has 0 saturated heterocycles. The Morgan fingerprint density at radius 2 is 1.80 bits per heavy atom. The zero-order valence-corrected chi connectivity index (χ0v) is 9.99. The molecular formula is C10H7Cl3O2. The summed E-state index contributed by atoms with van der Waals surface area (Å²) in [6.45, 7) is 1.45. The summed E-state index contributed by atoms with van der Waals surface area (Å²) in [5.41, 5.74) is 0.562. The van der Waals surface area contributed by atoms with Crippen LogP contribution in [0, 0.1) is 0 Å². The van der Waals surface area contributed by atoms with Crippen LogP contribution in [0.2, 0.25) is 15.1 Å². The van der Waals surface area contributed by atoms with E-state index in [0.717, 1.165) is 0 Å². The number of carbonyl (C=O) groups is 1. The number of hydrogen-bond donors (Lipinski definition) is 1. The number of rotatable bonds is 2. The summed E-state index contributed by atoms with van der Waals surface area (Å²) < 4.78 is 0. The van der Waals surface area contributed by atoms with Gasteiger partial charge >= 0.3 is 5.97 Å². The Balaban J connectivity index is 3.32. The molecule has 0 radical (unpaired) electrons. The molecule has 15 heavy (non-hydrogen) atoms. The van der Waals surface area contributed by atoms with Crippen LogP contribution in [0.1, 0.15) is 12.5 Å². The van der Waals surface area contributed by atoms with Gasteiger partial charge in [-0.25, -0.2) is 4.79 Å². The maximum absolute atomic E-state index is 10.6. The molecule has 0 amide bonds. The second-order valence-corrected chi connectivity index (χ2v) is 4.08. The Hall–Kier alpha value is -0.700. The van der Waals surface area contributed by atoms with E-state index in [0.29, 0.717) is 15.6 Å². The van der Waals surface area contributed by atoms with Gasteiger partial charge in [0, 0.05) is 16.2 Å². The molecule has 5 heteroatoms. The quantitative estimate of drug-likeness (QED) is 0.645. The summed E-state index contributed by atoms with van der Waals surface area (Å²) in [5, 5.41) is 9.67. The van der Waals surface area contributed by atoms with Crippen molar-refractivity contribution in [3.63, 3.8) is 0 Å². The van der Waals surface area contributed by atoms with Gasteiger partial charge in [-0.3, -0.25) is 0 Å². The predicted octanol–water partition coefficient (Wildman–Crippen LogP) is 4.13. The molecule has 0 aliphatic carbocycles. The minimum Gasteiger partial charge on any atom is -0.478 e. The molecule has 80 valence electrons. The molecule has 1 N–H and O–H groups in total. The highest BCUT2D eigenvalue weighted by Crippen LogP contribution is 2.32. The van der Waals surface area contributed by atoms with Crippen molar-refractivity contribution in [3.8, 4) is 0 Å². The van der Waals surface area contributed by atoms with Crippen molar-refractivity contribution in [1.29, 1.82) is 0 Å². The highest BCUT2D eigenvalue weighted by Gasteiger charge is 2.09. The predicted molar refractivity (Wildman–Crippen MR) is 62.8 cm³/mol. The van der Waals surface area contributed by atoms with Crippen molar-refractivity contribution in [2.75, 3.05) is 0 Å². The fraction of sp³-hybridized carbons (Fsp3) is 0.100. The van der Waals surface area contributed by atoms with Crippen LogP contribution in [-0.4, -0.2) is 11.1 Å². The fourth-order valence-corrected chi connectivity index (χ4v) is 1.60. The Bertz CT molecular complexity index is 439. The van der Waals surface area contributed by atoms with E-state index in [4.69, 9.17) is 39.9 Å². The zero-order valence-electron chi connectivity index (χ0n) is 7.72. The second-order valence-electron chi connectivity index (χ2n) is 2.89. The van der Waals surface area contributed by atoms with Crippen molar-refractivity contribution in [2.24, 2.45) is 0 Å². The number of carboxylic acid groups (broad SMARTS) is 1. The molecular weight excluding hydrogens is 258 g/mol. The molecule has 1 aromatic carbocycles. The van der Waals surface area contributed by atoms with Crippen LogP contribution in [-0.2, 0) is 4.79 Å². The van der Waals surface area contributed by atoms with Crippen LogP contribution in [0.25, 0.3) is 6.08 Å². The van der Waals surface area contributed by atoms with Gasteiger partial charge in [0.05, 0.1) is 10.0 Å². The highest BCUT2D eigenvalue weighted by atomic mass is 35.5. The molecule has 0 saturated carbocycles. The van der Waals surface area contributed by atoms with Crippen molar-refractivity contribution in [3.05, 3.63) is 38.3 Å². The van der Waals surface area contributed by atoms with Gasteiger partial charge in [-0.1, -0.05) is 34.8 Å². The van der Waals surface area contributed by atoms with E-state index in [-0.39, 0.29) is 10.6 Å². The lowest BCUT2D eigenvalue weighted by atomic mass is 10.1. The number of halogens is 3. The van der Waals surface area contributed by atoms with Gasteiger partial charge in [0.1, 0.15) is 0 Å². The molecule has 0 atom stereocenters. The average molecular weight is 266 g/mol. The van der Waals surface area contributed by atoms with Gasteiger partial charge in [0.25, 0.3) is 0 Å². The lowest BCUT2D eigenvalue weighted by molar-refractivity contribution is -0.132. The minimum atomic E-state index is -1.03. The van der Waals surface area contributed by atoms with Crippen LogP contribution in [0.15, 0.2) is 17.7 Å². The average Bonchev–Trinajstić information content (AvgIpc) is 2.18. The summed E-state index contributed by atoms with van der Waals surface area (Å²) in [4.78, 5) is 10.6. The van der Waals surface area contributed by atoms with Gasteiger partial charge in [-0.15, -0.1) is 0 Å². The molecule has 0 bridgehead atoms. The van der Waals surface area contributed by atoms with E-state index in [2.05, 4.69) is 0 Å². The number of benzene rings is 1. The SMILES string of the molecule is C/C(=C/c1c(Cl)ccc(Cl)c1Cl)C(=O)O. The van der Waals surface area contributed by atoms with Gasteiger partial charge in [-0.05, 0) is 25.1 Å². The summed E-state index contributed by atoms with van der Waals surface area (Å²) in [5.74, 6) is -1.03. The van der Waals surface area contributed by atoms with Gasteiger partial charge in [0.15, 0.2) is 0 Å². The first-order valence-electron chi connectivity index (χ1n) is 3.98. The van der Waals surface area contributed by atoms with Crippen molar-refractivity contribution in [1.82, 2.24) is 0 Å². The number of aliphatic carboxylic acids is 1. The number of hydrogen-bond acceptors (Lipinski definition) is 1. The van der Waals surface area contributed by atoms with Crippen LogP contribution in [0.5, 0.6) is 0 Å². The molecule has 0 aliphatic heterocycles. The molecule has 0 unspecified atom stereocenters. The minimum absolute atomic E-state index is 0.140. The maximum Gasteiger partial charge on any atom is 0.331 e. The van der Waals surface area contributed by atoms with Crippen molar-refractivity contribution < 1.29 is 9.90 Å². The number of carboxylic acids is 1. The standard InChI is InChI=1S/C10H7Cl3O2/c1-5(10(14)15)4-6-7(11)2-3-8(12)9(6)13/h2-4H,1H3,(H,14,15)/b5-4-. The first-order valence-corrected chi connectivity index (χ1v) is 5.12. The molecule has 1 rings (SSSR count). The highest BCUT2D eigenvalue weighted by molar-refractivity contribution is 6.44. The molecule has 0 aliphatic rings. The van der Waals surface area contributed by atoms with E-state index < -0.39 is 5.97 Å². The van der Waals surface area contributed by atoms with E-state index in [1.54, 1.807) is 12.1 Å². The second kappa shape index (κ2) is 4.88. The lowest BCUT2D eigenvalue weighted by Crippen LogP contribution is -1.95. The van der Waals surface area contributed by atoms with Crippen molar-refractivity contribution in [2.45, 2.75) is 6.92 Å². The molecule has 0 heterocycles. The Kier molecular flexibility index (Phi) is 4.03. The van der Waals surface area contributed by atoms with Crippen LogP contribution in [0.3, 0.4) is 0 Å². The molecule has 0 fully saturated rings. The van der Waals surface area contributed by atoms with Gasteiger partial charge in [0.2, 0.25) is 0 Å². The molecule has 2 nitrogen and oxygen atoms in total. The van der Waals surface area contributed by atoms with E-state index in [1.807, 2.05) is 0 Å². The Morgan fingerprint density at radius 1 is 1.27 bits per heavy atom. The Morgan fingerprint density at radius 3 is 2.33 bits per heavy atom. The molecule has 0 spiro atoms. The van der Waals surface area contributed by atoms with E-state index in [1.165, 1.54) is 13.0 Å². The smallest absolute Gasteiger partial charge is 0.331 e. The fourth-order valence-electron chi connectivity index (χ4n) is 0.953. The zero-order chi connectivity index (χ0) is 11.6. The largest absolute Gasteiger partial charge is 0.478 e.